The van der Waals surface area contributed by atoms with E-state index in [1.54, 1.807) is 0 Å². The fourth-order valence-corrected chi connectivity index (χ4v) is 2.60. The van der Waals surface area contributed by atoms with Crippen LogP contribution in [0, 0.1) is 13.8 Å². The van der Waals surface area contributed by atoms with E-state index in [2.05, 4.69) is 49.4 Å². The van der Waals surface area contributed by atoms with Gasteiger partial charge in [-0.1, -0.05) is 20.8 Å². The predicted molar refractivity (Wildman–Crippen MR) is 73.7 cm³/mol. The van der Waals surface area contributed by atoms with Gasteiger partial charge in [-0.25, -0.2) is 0 Å². The van der Waals surface area contributed by atoms with Gasteiger partial charge in [0.25, 0.3) is 0 Å². The van der Waals surface area contributed by atoms with Crippen molar-refractivity contribution in [1.82, 2.24) is 14.8 Å². The monoisotopic (exact) mass is 243 g/mol. The number of nitrogens with zero attached hydrogens (tertiary/aromatic N) is 3. The summed E-state index contributed by atoms with van der Waals surface area (Å²) >= 11 is 0. The number of pyridine rings is 1. The fourth-order valence-electron chi connectivity index (χ4n) is 2.60. The van der Waals surface area contributed by atoms with E-state index >= 15 is 0 Å². The quantitative estimate of drug-likeness (QED) is 0.810. The molecule has 2 heterocycles. The van der Waals surface area contributed by atoms with Gasteiger partial charge in [0.15, 0.2) is 0 Å². The molecule has 3 heteroatoms. The summed E-state index contributed by atoms with van der Waals surface area (Å²) < 4.78 is 2.09. The Morgan fingerprint density at radius 2 is 1.72 bits per heavy atom. The van der Waals surface area contributed by atoms with Crippen LogP contribution >= 0.6 is 0 Å². The molecule has 0 fully saturated rings. The van der Waals surface area contributed by atoms with Crippen LogP contribution in [0.1, 0.15) is 43.3 Å². The molecule has 0 bridgehead atoms. The third-order valence-corrected chi connectivity index (χ3v) is 3.21. The molecule has 0 unspecified atom stereocenters. The largest absolute Gasteiger partial charge is 0.265 e. The average Bonchev–Trinajstić information content (AvgIpc) is 2.54. The minimum Gasteiger partial charge on any atom is -0.265 e. The summed E-state index contributed by atoms with van der Waals surface area (Å²) in [4.78, 5) is 4.04. The summed E-state index contributed by atoms with van der Waals surface area (Å²) in [5.74, 6) is 0. The first kappa shape index (κ1) is 12.8. The summed E-state index contributed by atoms with van der Waals surface area (Å²) in [6.45, 7) is 11.8. The Labute approximate surface area is 109 Å². The van der Waals surface area contributed by atoms with Crippen molar-refractivity contribution in [1.29, 1.82) is 0 Å². The molecule has 3 nitrogen and oxygen atoms in total. The molecule has 2 aromatic rings. The highest BCUT2D eigenvalue weighted by atomic mass is 15.3. The maximum absolute atomic E-state index is 4.67. The van der Waals surface area contributed by atoms with E-state index in [0.717, 1.165) is 12.2 Å². The third-order valence-electron chi connectivity index (χ3n) is 3.21. The van der Waals surface area contributed by atoms with Gasteiger partial charge in [-0.3, -0.25) is 9.67 Å². The molecular formula is C15H21N3. The first-order chi connectivity index (χ1) is 8.39. The summed E-state index contributed by atoms with van der Waals surface area (Å²) in [5, 5.41) is 4.67. The highest BCUT2D eigenvalue weighted by Crippen LogP contribution is 2.28. The van der Waals surface area contributed by atoms with Crippen LogP contribution in [0.25, 0.3) is 0 Å². The first-order valence-electron chi connectivity index (χ1n) is 6.33. The zero-order valence-corrected chi connectivity index (χ0v) is 11.9. The molecule has 96 valence electrons. The number of aryl methyl sites for hydroxylation is 1. The van der Waals surface area contributed by atoms with Crippen molar-refractivity contribution in [3.05, 3.63) is 47.0 Å². The zero-order chi connectivity index (χ0) is 13.3. The smallest absolute Gasteiger partial charge is 0.0663 e. The number of hydrogen-bond donors (Lipinski definition) is 0. The van der Waals surface area contributed by atoms with Crippen molar-refractivity contribution < 1.29 is 0 Å². The van der Waals surface area contributed by atoms with Crippen molar-refractivity contribution in [3.63, 3.8) is 0 Å². The number of aromatic nitrogens is 3. The minimum absolute atomic E-state index is 0.144. The van der Waals surface area contributed by atoms with Crippen molar-refractivity contribution >= 4 is 0 Å². The van der Waals surface area contributed by atoms with Gasteiger partial charge < -0.3 is 0 Å². The highest BCUT2D eigenvalue weighted by Gasteiger charge is 2.23. The van der Waals surface area contributed by atoms with Gasteiger partial charge in [0.1, 0.15) is 0 Å². The second-order valence-electron chi connectivity index (χ2n) is 5.81. The average molecular weight is 243 g/mol. The van der Waals surface area contributed by atoms with Crippen LogP contribution in [0.5, 0.6) is 0 Å². The molecule has 2 aromatic heterocycles. The maximum Gasteiger partial charge on any atom is 0.0663 e. The Morgan fingerprint density at radius 3 is 2.22 bits per heavy atom. The molecule has 0 saturated carbocycles. The standard InChI is InChI=1S/C15H21N3/c1-11-14(15(3,4)5)12(2)18(17-11)10-13-6-8-16-9-7-13/h6-9H,10H2,1-5H3. The molecule has 0 aliphatic heterocycles. The van der Waals surface area contributed by atoms with Crippen LogP contribution in [-0.2, 0) is 12.0 Å². The van der Waals surface area contributed by atoms with Gasteiger partial charge in [0.05, 0.1) is 12.2 Å². The Hall–Kier alpha value is -1.64. The second kappa shape index (κ2) is 4.56. The van der Waals surface area contributed by atoms with Gasteiger partial charge >= 0.3 is 0 Å². The topological polar surface area (TPSA) is 30.7 Å². The molecule has 0 atom stereocenters. The van der Waals surface area contributed by atoms with E-state index in [1.165, 1.54) is 16.8 Å². The molecule has 0 N–H and O–H groups in total. The molecule has 0 amide bonds. The number of hydrogen-bond acceptors (Lipinski definition) is 2. The SMILES string of the molecule is Cc1nn(Cc2ccncc2)c(C)c1C(C)(C)C. The Morgan fingerprint density at radius 1 is 1.11 bits per heavy atom. The van der Waals surface area contributed by atoms with Crippen LogP contribution < -0.4 is 0 Å². The van der Waals surface area contributed by atoms with E-state index in [0.29, 0.717) is 0 Å². The van der Waals surface area contributed by atoms with Crippen molar-refractivity contribution in [2.24, 2.45) is 0 Å². The summed E-state index contributed by atoms with van der Waals surface area (Å²) in [5.41, 5.74) is 5.13. The maximum atomic E-state index is 4.67. The molecule has 2 rings (SSSR count). The summed E-state index contributed by atoms with van der Waals surface area (Å²) in [6.07, 6.45) is 3.65. The van der Waals surface area contributed by atoms with E-state index in [-0.39, 0.29) is 5.41 Å². The number of rotatable bonds is 2. The lowest BCUT2D eigenvalue weighted by atomic mass is 9.85. The van der Waals surface area contributed by atoms with Crippen LogP contribution in [-0.4, -0.2) is 14.8 Å². The van der Waals surface area contributed by atoms with E-state index in [4.69, 9.17) is 0 Å². The van der Waals surface area contributed by atoms with Crippen molar-refractivity contribution in [2.75, 3.05) is 0 Å². The van der Waals surface area contributed by atoms with Crippen LogP contribution in [0.15, 0.2) is 24.5 Å². The summed E-state index contributed by atoms with van der Waals surface area (Å²) in [6, 6.07) is 4.07. The Balaban J connectivity index is 2.37. The summed E-state index contributed by atoms with van der Waals surface area (Å²) in [7, 11) is 0. The minimum atomic E-state index is 0.144. The fraction of sp³-hybridized carbons (Fsp3) is 0.467. The molecule has 0 aliphatic carbocycles. The molecular weight excluding hydrogens is 222 g/mol. The van der Waals surface area contributed by atoms with Crippen molar-refractivity contribution in [3.8, 4) is 0 Å². The lowest BCUT2D eigenvalue weighted by Gasteiger charge is -2.19. The van der Waals surface area contributed by atoms with Gasteiger partial charge in [0.2, 0.25) is 0 Å². The molecule has 0 spiro atoms. The van der Waals surface area contributed by atoms with E-state index in [9.17, 15) is 0 Å². The predicted octanol–water partition coefficient (Wildman–Crippen LogP) is 3.24. The van der Waals surface area contributed by atoms with Crippen LogP contribution in [0.3, 0.4) is 0 Å². The van der Waals surface area contributed by atoms with Crippen LogP contribution in [0.4, 0.5) is 0 Å². The second-order valence-corrected chi connectivity index (χ2v) is 5.81. The molecule has 0 aliphatic rings. The lowest BCUT2D eigenvalue weighted by Crippen LogP contribution is -2.14. The van der Waals surface area contributed by atoms with Crippen LogP contribution in [0.2, 0.25) is 0 Å². The third kappa shape index (κ3) is 2.45. The Kier molecular flexibility index (Phi) is 3.24. The van der Waals surface area contributed by atoms with Gasteiger partial charge in [0, 0.05) is 23.7 Å². The Bertz CT molecular complexity index is 533. The van der Waals surface area contributed by atoms with Gasteiger partial charge in [-0.2, -0.15) is 5.10 Å². The first-order valence-corrected chi connectivity index (χ1v) is 6.33. The van der Waals surface area contributed by atoms with Crippen molar-refractivity contribution in [2.45, 2.75) is 46.6 Å². The molecule has 0 saturated heterocycles. The van der Waals surface area contributed by atoms with Gasteiger partial charge in [-0.05, 0) is 37.0 Å². The lowest BCUT2D eigenvalue weighted by molar-refractivity contribution is 0.577. The molecule has 0 radical (unpaired) electrons. The van der Waals surface area contributed by atoms with E-state index in [1.807, 2.05) is 24.5 Å². The normalized spacial score (nSPS) is 11.8. The van der Waals surface area contributed by atoms with E-state index < -0.39 is 0 Å². The van der Waals surface area contributed by atoms with Gasteiger partial charge in [-0.15, -0.1) is 0 Å². The zero-order valence-electron chi connectivity index (χ0n) is 11.9. The highest BCUT2D eigenvalue weighted by molar-refractivity contribution is 5.32. The molecule has 18 heavy (non-hydrogen) atoms. The molecule has 0 aromatic carbocycles.